The second-order valence-corrected chi connectivity index (χ2v) is 7.10. The lowest BCUT2D eigenvalue weighted by Crippen LogP contribution is -2.47. The van der Waals surface area contributed by atoms with Crippen LogP contribution in [0.4, 0.5) is 0 Å². The summed E-state index contributed by atoms with van der Waals surface area (Å²) in [6, 6.07) is 11.3. The Hall–Kier alpha value is -2.80. The first-order valence-corrected chi connectivity index (χ1v) is 10.6. The monoisotopic (exact) mass is 412 g/mol. The Kier molecular flexibility index (Phi) is 8.32. The van der Waals surface area contributed by atoms with E-state index in [4.69, 9.17) is 19.2 Å². The Morgan fingerprint density at radius 3 is 2.63 bits per heavy atom. The van der Waals surface area contributed by atoms with E-state index in [0.717, 1.165) is 56.4 Å². The van der Waals surface area contributed by atoms with Gasteiger partial charge in [0.05, 0.1) is 19.8 Å². The zero-order valence-corrected chi connectivity index (χ0v) is 18.1. The maximum Gasteiger partial charge on any atom is 0.219 e. The molecular weight excluding hydrogens is 380 g/mol. The molecule has 0 unspecified atom stereocenters. The van der Waals surface area contributed by atoms with Gasteiger partial charge in [0.15, 0.2) is 5.96 Å². The second-order valence-electron chi connectivity index (χ2n) is 7.10. The maximum absolute atomic E-state index is 5.81. The number of pyridine rings is 1. The summed E-state index contributed by atoms with van der Waals surface area (Å²) in [6.45, 7) is 8.26. The van der Waals surface area contributed by atoms with Crippen molar-refractivity contribution >= 4 is 5.96 Å². The lowest BCUT2D eigenvalue weighted by Gasteiger charge is -2.34. The fourth-order valence-electron chi connectivity index (χ4n) is 3.41. The SMILES string of the molecule is CCNC(=NCc1ccc(Oc2cccc(OC)c2)nc1)N1CCC(OCC)CC1. The fraction of sp³-hybridized carbons (Fsp3) is 0.478. The number of aliphatic imine (C=N–C) groups is 1. The summed E-state index contributed by atoms with van der Waals surface area (Å²) in [7, 11) is 1.63. The number of rotatable bonds is 8. The quantitative estimate of drug-likeness (QED) is 0.525. The fourth-order valence-corrected chi connectivity index (χ4v) is 3.41. The number of nitrogens with zero attached hydrogens (tertiary/aromatic N) is 3. The van der Waals surface area contributed by atoms with Crippen molar-refractivity contribution in [3.63, 3.8) is 0 Å². The number of likely N-dealkylation sites (tertiary alicyclic amines) is 1. The summed E-state index contributed by atoms with van der Waals surface area (Å²) < 4.78 is 16.8. The number of ether oxygens (including phenoxy) is 3. The van der Waals surface area contributed by atoms with E-state index in [0.29, 0.717) is 24.3 Å². The van der Waals surface area contributed by atoms with E-state index in [-0.39, 0.29) is 0 Å². The van der Waals surface area contributed by atoms with Crippen LogP contribution in [0.2, 0.25) is 0 Å². The summed E-state index contributed by atoms with van der Waals surface area (Å²) in [5.41, 5.74) is 1.03. The Bertz CT molecular complexity index is 802. The summed E-state index contributed by atoms with van der Waals surface area (Å²) >= 11 is 0. The molecule has 0 spiro atoms. The number of methoxy groups -OCH3 is 1. The van der Waals surface area contributed by atoms with Crippen LogP contribution in [0.5, 0.6) is 17.4 Å². The molecule has 0 saturated carbocycles. The van der Waals surface area contributed by atoms with E-state index in [2.05, 4.69) is 29.0 Å². The highest BCUT2D eigenvalue weighted by atomic mass is 16.5. The molecule has 1 aliphatic heterocycles. The number of guanidine groups is 1. The lowest BCUT2D eigenvalue weighted by molar-refractivity contribution is 0.0263. The molecule has 0 atom stereocenters. The van der Waals surface area contributed by atoms with Crippen LogP contribution in [0.25, 0.3) is 0 Å². The third-order valence-corrected chi connectivity index (χ3v) is 4.95. The van der Waals surface area contributed by atoms with Crippen molar-refractivity contribution in [3.05, 3.63) is 48.2 Å². The second kappa shape index (κ2) is 11.4. The van der Waals surface area contributed by atoms with E-state index in [9.17, 15) is 0 Å². The summed E-state index contributed by atoms with van der Waals surface area (Å²) in [5.74, 6) is 2.93. The minimum Gasteiger partial charge on any atom is -0.497 e. The first-order chi connectivity index (χ1) is 14.7. The zero-order chi connectivity index (χ0) is 21.2. The largest absolute Gasteiger partial charge is 0.497 e. The van der Waals surface area contributed by atoms with Crippen LogP contribution in [0.1, 0.15) is 32.3 Å². The molecule has 7 nitrogen and oxygen atoms in total. The molecule has 1 aliphatic rings. The predicted octanol–water partition coefficient (Wildman–Crippen LogP) is 3.85. The Morgan fingerprint density at radius 1 is 1.17 bits per heavy atom. The van der Waals surface area contributed by atoms with Gasteiger partial charge in [-0.1, -0.05) is 12.1 Å². The molecule has 1 saturated heterocycles. The van der Waals surface area contributed by atoms with Gasteiger partial charge >= 0.3 is 0 Å². The smallest absolute Gasteiger partial charge is 0.219 e. The molecule has 1 aromatic heterocycles. The average molecular weight is 413 g/mol. The summed E-state index contributed by atoms with van der Waals surface area (Å²) in [4.78, 5) is 11.5. The summed E-state index contributed by atoms with van der Waals surface area (Å²) in [6.07, 6.45) is 4.26. The van der Waals surface area contributed by atoms with Gasteiger partial charge in [-0.2, -0.15) is 0 Å². The molecule has 1 N–H and O–H groups in total. The molecule has 0 aliphatic carbocycles. The zero-order valence-electron chi connectivity index (χ0n) is 18.1. The van der Waals surface area contributed by atoms with Crippen molar-refractivity contribution < 1.29 is 14.2 Å². The number of hydrogen-bond acceptors (Lipinski definition) is 5. The highest BCUT2D eigenvalue weighted by Crippen LogP contribution is 2.24. The van der Waals surface area contributed by atoms with Crippen LogP contribution in [-0.2, 0) is 11.3 Å². The van der Waals surface area contributed by atoms with Crippen LogP contribution in [0, 0.1) is 0 Å². The Labute approximate surface area is 179 Å². The molecule has 0 bridgehead atoms. The third-order valence-electron chi connectivity index (χ3n) is 4.95. The molecule has 7 heteroatoms. The van der Waals surface area contributed by atoms with Gasteiger partial charge < -0.3 is 24.4 Å². The molecular formula is C23H32N4O3. The van der Waals surface area contributed by atoms with Gasteiger partial charge in [-0.3, -0.25) is 0 Å². The topological polar surface area (TPSA) is 68.2 Å². The number of aromatic nitrogens is 1. The van der Waals surface area contributed by atoms with Crippen molar-refractivity contribution in [2.45, 2.75) is 39.3 Å². The number of benzene rings is 1. The van der Waals surface area contributed by atoms with Crippen LogP contribution in [0.15, 0.2) is 47.6 Å². The molecule has 1 fully saturated rings. The first-order valence-electron chi connectivity index (χ1n) is 10.6. The van der Waals surface area contributed by atoms with E-state index in [1.807, 2.05) is 42.6 Å². The highest BCUT2D eigenvalue weighted by molar-refractivity contribution is 5.80. The maximum atomic E-state index is 5.81. The van der Waals surface area contributed by atoms with Crippen molar-refractivity contribution in [1.29, 1.82) is 0 Å². The number of hydrogen-bond donors (Lipinski definition) is 1. The molecule has 3 rings (SSSR count). The molecule has 162 valence electrons. The normalized spacial score (nSPS) is 15.2. The van der Waals surface area contributed by atoms with Gasteiger partial charge in [0.1, 0.15) is 11.5 Å². The average Bonchev–Trinajstić information content (AvgIpc) is 2.78. The van der Waals surface area contributed by atoms with Crippen molar-refractivity contribution in [1.82, 2.24) is 15.2 Å². The van der Waals surface area contributed by atoms with Crippen molar-refractivity contribution in [2.24, 2.45) is 4.99 Å². The van der Waals surface area contributed by atoms with E-state index in [1.54, 1.807) is 7.11 Å². The molecule has 0 amide bonds. The molecule has 30 heavy (non-hydrogen) atoms. The highest BCUT2D eigenvalue weighted by Gasteiger charge is 2.21. The van der Waals surface area contributed by atoms with Crippen molar-refractivity contribution in [3.8, 4) is 17.4 Å². The van der Waals surface area contributed by atoms with Crippen LogP contribution >= 0.6 is 0 Å². The number of piperidine rings is 1. The van der Waals surface area contributed by atoms with Crippen molar-refractivity contribution in [2.75, 3.05) is 33.4 Å². The van der Waals surface area contributed by atoms with Gasteiger partial charge in [-0.15, -0.1) is 0 Å². The minimum absolute atomic E-state index is 0.371. The van der Waals surface area contributed by atoms with Gasteiger partial charge in [0.2, 0.25) is 5.88 Å². The van der Waals surface area contributed by atoms with Crippen LogP contribution < -0.4 is 14.8 Å². The van der Waals surface area contributed by atoms with Gasteiger partial charge in [0, 0.05) is 44.6 Å². The molecule has 0 radical (unpaired) electrons. The van der Waals surface area contributed by atoms with Gasteiger partial charge in [-0.05, 0) is 44.4 Å². The van der Waals surface area contributed by atoms with Crippen LogP contribution in [0.3, 0.4) is 0 Å². The molecule has 1 aromatic carbocycles. The standard InChI is InChI=1S/C23H32N4O3/c1-4-24-23(27-13-11-19(12-14-27)29-5-2)26-17-18-9-10-22(25-16-18)30-21-8-6-7-20(15-21)28-3/h6-10,15-16,19H,4-5,11-14,17H2,1-3H3,(H,24,26). The van der Waals surface area contributed by atoms with Gasteiger partial charge in [0.25, 0.3) is 0 Å². The van der Waals surface area contributed by atoms with Crippen LogP contribution in [-0.4, -0.2) is 55.3 Å². The summed E-state index contributed by atoms with van der Waals surface area (Å²) in [5, 5.41) is 3.40. The van der Waals surface area contributed by atoms with E-state index < -0.39 is 0 Å². The first kappa shape index (κ1) is 21.9. The number of nitrogens with one attached hydrogen (secondary N) is 1. The van der Waals surface area contributed by atoms with E-state index >= 15 is 0 Å². The minimum atomic E-state index is 0.371. The third kappa shape index (κ3) is 6.35. The molecule has 2 aromatic rings. The Balaban J connectivity index is 1.58. The lowest BCUT2D eigenvalue weighted by atomic mass is 10.1. The van der Waals surface area contributed by atoms with E-state index in [1.165, 1.54) is 0 Å². The Morgan fingerprint density at radius 2 is 1.97 bits per heavy atom. The molecule has 2 heterocycles. The predicted molar refractivity (Wildman–Crippen MR) is 118 cm³/mol. The van der Waals surface area contributed by atoms with Gasteiger partial charge in [-0.25, -0.2) is 9.98 Å².